The van der Waals surface area contributed by atoms with Crippen LogP contribution < -0.4 is 9.80 Å². The van der Waals surface area contributed by atoms with Crippen LogP contribution in [0.1, 0.15) is 24.5 Å². The number of nitrogens with zero attached hydrogens (tertiary/aromatic N) is 6. The summed E-state index contributed by atoms with van der Waals surface area (Å²) in [6.07, 6.45) is 4.25. The molecule has 0 unspecified atom stereocenters. The Kier molecular flexibility index (Phi) is 5.28. The van der Waals surface area contributed by atoms with Crippen LogP contribution in [0, 0.1) is 0 Å². The van der Waals surface area contributed by atoms with Gasteiger partial charge in [-0.05, 0) is 43.2 Å². The van der Waals surface area contributed by atoms with Gasteiger partial charge in [0.15, 0.2) is 0 Å². The van der Waals surface area contributed by atoms with Gasteiger partial charge in [-0.25, -0.2) is 19.7 Å². The van der Waals surface area contributed by atoms with E-state index in [4.69, 9.17) is 0 Å². The maximum atomic E-state index is 11.2. The lowest BCUT2D eigenvalue weighted by Crippen LogP contribution is -2.46. The molecule has 0 saturated carbocycles. The highest BCUT2D eigenvalue weighted by Crippen LogP contribution is 2.32. The minimum absolute atomic E-state index is 0.272. The highest BCUT2D eigenvalue weighted by atomic mass is 16.4. The van der Waals surface area contributed by atoms with Crippen LogP contribution in [0.2, 0.25) is 0 Å². The molecule has 31 heavy (non-hydrogen) atoms. The molecule has 0 atom stereocenters. The number of hydrogen-bond acceptors (Lipinski definition) is 6. The van der Waals surface area contributed by atoms with Crippen LogP contribution in [0.5, 0.6) is 0 Å². The van der Waals surface area contributed by atoms with Crippen LogP contribution in [0.4, 0.5) is 16.3 Å². The van der Waals surface area contributed by atoms with E-state index in [0.29, 0.717) is 13.1 Å². The van der Waals surface area contributed by atoms with Gasteiger partial charge in [0.1, 0.15) is 12.1 Å². The first-order chi connectivity index (χ1) is 15.2. The normalized spacial score (nSPS) is 17.9. The standard InChI is InChI=1S/C23H26N6O2/c30-23(31)29-9-6-17(7-10-29)22-19-5-4-18(15-20(19)25-16-26-22)27-11-13-28(14-12-27)21-3-1-2-8-24-21/h1-5,8,15-17H,6-7,9-14H2,(H,30,31). The molecule has 2 aliphatic heterocycles. The molecular weight excluding hydrogens is 392 g/mol. The highest BCUT2D eigenvalue weighted by Gasteiger charge is 2.26. The number of amides is 1. The minimum Gasteiger partial charge on any atom is -0.465 e. The average molecular weight is 419 g/mol. The molecule has 0 spiro atoms. The topological polar surface area (TPSA) is 85.7 Å². The summed E-state index contributed by atoms with van der Waals surface area (Å²) in [5.41, 5.74) is 3.18. The van der Waals surface area contributed by atoms with Gasteiger partial charge in [-0.15, -0.1) is 0 Å². The van der Waals surface area contributed by atoms with Crippen LogP contribution >= 0.6 is 0 Å². The van der Waals surface area contributed by atoms with Gasteiger partial charge in [0.2, 0.25) is 0 Å². The lowest BCUT2D eigenvalue weighted by Gasteiger charge is -2.36. The fraction of sp³-hybridized carbons (Fsp3) is 0.391. The SMILES string of the molecule is O=C(O)N1CCC(c2ncnc3cc(N4CCN(c5ccccn5)CC4)ccc23)CC1. The van der Waals surface area contributed by atoms with Gasteiger partial charge in [-0.2, -0.15) is 0 Å². The Morgan fingerprint density at radius 1 is 0.903 bits per heavy atom. The van der Waals surface area contributed by atoms with Gasteiger partial charge < -0.3 is 19.8 Å². The molecule has 8 nitrogen and oxygen atoms in total. The molecule has 0 bridgehead atoms. The summed E-state index contributed by atoms with van der Waals surface area (Å²) in [5.74, 6) is 1.31. The Morgan fingerprint density at radius 2 is 1.68 bits per heavy atom. The van der Waals surface area contributed by atoms with E-state index in [9.17, 15) is 9.90 Å². The summed E-state index contributed by atoms with van der Waals surface area (Å²) in [6, 6.07) is 12.5. The monoisotopic (exact) mass is 418 g/mol. The molecule has 4 heterocycles. The minimum atomic E-state index is -0.834. The Balaban J connectivity index is 1.31. The first-order valence-electron chi connectivity index (χ1n) is 10.8. The zero-order valence-electron chi connectivity index (χ0n) is 17.4. The van der Waals surface area contributed by atoms with Crippen molar-refractivity contribution >= 4 is 28.5 Å². The second kappa shape index (κ2) is 8.37. The Bertz CT molecular complexity index is 1060. The van der Waals surface area contributed by atoms with Crippen molar-refractivity contribution in [3.8, 4) is 0 Å². The number of pyridine rings is 1. The Morgan fingerprint density at radius 3 is 2.39 bits per heavy atom. The van der Waals surface area contributed by atoms with Crippen molar-refractivity contribution in [2.45, 2.75) is 18.8 Å². The average Bonchev–Trinajstić information content (AvgIpc) is 2.84. The van der Waals surface area contributed by atoms with Gasteiger partial charge in [0.25, 0.3) is 0 Å². The lowest BCUT2D eigenvalue weighted by molar-refractivity contribution is 0.132. The summed E-state index contributed by atoms with van der Waals surface area (Å²) in [5, 5.41) is 10.3. The number of benzene rings is 1. The number of fused-ring (bicyclic) bond motifs is 1. The van der Waals surface area contributed by atoms with Crippen LogP contribution in [0.25, 0.3) is 10.9 Å². The molecule has 0 radical (unpaired) electrons. The third-order valence-corrected chi connectivity index (χ3v) is 6.42. The van der Waals surface area contributed by atoms with Crippen LogP contribution in [0.3, 0.4) is 0 Å². The van der Waals surface area contributed by atoms with Gasteiger partial charge in [-0.3, -0.25) is 0 Å². The van der Waals surface area contributed by atoms with Crippen molar-refractivity contribution in [3.05, 3.63) is 54.6 Å². The third kappa shape index (κ3) is 3.97. The molecule has 5 rings (SSSR count). The molecule has 1 aromatic carbocycles. The summed E-state index contributed by atoms with van der Waals surface area (Å²) >= 11 is 0. The summed E-state index contributed by atoms with van der Waals surface area (Å²) in [7, 11) is 0. The number of rotatable bonds is 3. The fourth-order valence-electron chi connectivity index (χ4n) is 4.67. The van der Waals surface area contributed by atoms with Crippen molar-refractivity contribution in [1.82, 2.24) is 19.9 Å². The molecule has 160 valence electrons. The summed E-state index contributed by atoms with van der Waals surface area (Å²) in [6.45, 7) is 4.87. The van der Waals surface area contributed by atoms with E-state index < -0.39 is 6.09 Å². The zero-order chi connectivity index (χ0) is 21.2. The number of hydrogen-bond donors (Lipinski definition) is 1. The molecule has 0 aliphatic carbocycles. The predicted molar refractivity (Wildman–Crippen MR) is 120 cm³/mol. The first-order valence-corrected chi connectivity index (χ1v) is 10.8. The first kappa shape index (κ1) is 19.5. The largest absolute Gasteiger partial charge is 0.465 e. The molecule has 1 amide bonds. The number of carboxylic acid groups (broad SMARTS) is 1. The molecule has 2 saturated heterocycles. The molecule has 2 aliphatic rings. The fourth-order valence-corrected chi connectivity index (χ4v) is 4.67. The maximum absolute atomic E-state index is 11.2. The lowest BCUT2D eigenvalue weighted by atomic mass is 9.91. The highest BCUT2D eigenvalue weighted by molar-refractivity contribution is 5.84. The molecule has 2 aromatic heterocycles. The van der Waals surface area contributed by atoms with Crippen LogP contribution in [-0.2, 0) is 0 Å². The second-order valence-electron chi connectivity index (χ2n) is 8.17. The van der Waals surface area contributed by atoms with Crippen molar-refractivity contribution in [2.24, 2.45) is 0 Å². The maximum Gasteiger partial charge on any atom is 0.407 e. The third-order valence-electron chi connectivity index (χ3n) is 6.42. The van der Waals surface area contributed by atoms with E-state index >= 15 is 0 Å². The molecule has 2 fully saturated rings. The Labute approximate surface area is 181 Å². The predicted octanol–water partition coefficient (Wildman–Crippen LogP) is 3.21. The smallest absolute Gasteiger partial charge is 0.407 e. The second-order valence-corrected chi connectivity index (χ2v) is 8.17. The van der Waals surface area contributed by atoms with E-state index in [-0.39, 0.29) is 5.92 Å². The number of likely N-dealkylation sites (tertiary alicyclic amines) is 1. The number of carbonyl (C=O) groups is 1. The number of piperidine rings is 1. The van der Waals surface area contributed by atoms with Crippen molar-refractivity contribution in [3.63, 3.8) is 0 Å². The van der Waals surface area contributed by atoms with Crippen molar-refractivity contribution in [1.29, 1.82) is 0 Å². The van der Waals surface area contributed by atoms with E-state index in [1.807, 2.05) is 18.3 Å². The molecule has 1 N–H and O–H groups in total. The van der Waals surface area contributed by atoms with Gasteiger partial charge in [0, 0.05) is 62.5 Å². The van der Waals surface area contributed by atoms with Crippen LogP contribution in [0.15, 0.2) is 48.9 Å². The molecule has 3 aromatic rings. The zero-order valence-corrected chi connectivity index (χ0v) is 17.4. The number of anilines is 2. The summed E-state index contributed by atoms with van der Waals surface area (Å²) in [4.78, 5) is 31.0. The van der Waals surface area contributed by atoms with Gasteiger partial charge >= 0.3 is 6.09 Å². The van der Waals surface area contributed by atoms with Crippen LogP contribution in [-0.4, -0.2) is 70.3 Å². The molecule has 8 heteroatoms. The number of aromatic nitrogens is 3. The van der Waals surface area contributed by atoms with Crippen molar-refractivity contribution < 1.29 is 9.90 Å². The van der Waals surface area contributed by atoms with E-state index in [0.717, 1.165) is 61.4 Å². The van der Waals surface area contributed by atoms with Gasteiger partial charge in [0.05, 0.1) is 11.2 Å². The quantitative estimate of drug-likeness (QED) is 0.699. The Hall–Kier alpha value is -3.42. The van der Waals surface area contributed by atoms with Gasteiger partial charge in [-0.1, -0.05) is 6.07 Å². The molecular formula is C23H26N6O2. The number of piperazine rings is 1. The van der Waals surface area contributed by atoms with Crippen molar-refractivity contribution in [2.75, 3.05) is 49.1 Å². The van der Waals surface area contributed by atoms with E-state index in [1.54, 1.807) is 6.33 Å². The van der Waals surface area contributed by atoms with E-state index in [2.05, 4.69) is 49.0 Å². The van der Waals surface area contributed by atoms with E-state index in [1.165, 1.54) is 10.6 Å². The summed E-state index contributed by atoms with van der Waals surface area (Å²) < 4.78 is 0.